The number of hydrogen-bond donors (Lipinski definition) is 0. The molecule has 9 aromatic rings. The fraction of sp³-hybridized carbons (Fsp3) is 0. The summed E-state index contributed by atoms with van der Waals surface area (Å²) in [4.78, 5) is 0. The van der Waals surface area contributed by atoms with Crippen molar-refractivity contribution in [1.29, 1.82) is 10.5 Å². The molecule has 0 saturated carbocycles. The molecule has 5 nitrogen and oxygen atoms in total. The van der Waals surface area contributed by atoms with Crippen LogP contribution in [0.4, 0.5) is 0 Å². The van der Waals surface area contributed by atoms with Crippen LogP contribution in [-0.4, -0.2) is 9.13 Å². The van der Waals surface area contributed by atoms with E-state index in [0.29, 0.717) is 11.1 Å². The van der Waals surface area contributed by atoms with Gasteiger partial charge in [0.25, 0.3) is 0 Å². The van der Waals surface area contributed by atoms with Crippen molar-refractivity contribution < 1.29 is 4.42 Å². The van der Waals surface area contributed by atoms with Gasteiger partial charge in [0.1, 0.15) is 11.2 Å². The third-order valence-electron chi connectivity index (χ3n) is 8.56. The molecule has 3 heterocycles. The maximum atomic E-state index is 9.72. The zero-order valence-electron chi connectivity index (χ0n) is 22.7. The molecule has 0 spiro atoms. The summed E-state index contributed by atoms with van der Waals surface area (Å²) in [5.41, 5.74) is 8.91. The molecule has 6 aromatic carbocycles. The lowest BCUT2D eigenvalue weighted by molar-refractivity contribution is 0.669. The van der Waals surface area contributed by atoms with E-state index < -0.39 is 0 Å². The highest BCUT2D eigenvalue weighted by atomic mass is 16.3. The van der Waals surface area contributed by atoms with E-state index in [1.165, 1.54) is 0 Å². The van der Waals surface area contributed by atoms with Gasteiger partial charge in [-0.2, -0.15) is 10.5 Å². The lowest BCUT2D eigenvalue weighted by atomic mass is 10.1. The summed E-state index contributed by atoms with van der Waals surface area (Å²) in [6.45, 7) is 0. The van der Waals surface area contributed by atoms with E-state index in [1.54, 1.807) is 0 Å². The third-order valence-corrected chi connectivity index (χ3v) is 8.56. The second-order valence-electron chi connectivity index (χ2n) is 10.8. The maximum absolute atomic E-state index is 9.72. The lowest BCUT2D eigenvalue weighted by Gasteiger charge is -2.11. The first kappa shape index (κ1) is 23.4. The number of rotatable bonds is 2. The van der Waals surface area contributed by atoms with E-state index in [4.69, 9.17) is 4.42 Å². The molecule has 198 valence electrons. The molecule has 0 aliphatic rings. The lowest BCUT2D eigenvalue weighted by Crippen LogP contribution is -1.96. The first-order chi connectivity index (χ1) is 21.2. The highest BCUT2D eigenvalue weighted by Gasteiger charge is 2.19. The zero-order chi connectivity index (χ0) is 28.7. The SMILES string of the molecule is N#Cc1ccc2c3ccccc3n(-c3ccc4oc5cccc(-n6c7ccccc7c7ccc(C#N)cc76)c5c4c3)c2c1. The van der Waals surface area contributed by atoms with E-state index in [1.807, 2.05) is 78.9 Å². The number of benzene rings is 6. The van der Waals surface area contributed by atoms with Crippen LogP contribution in [0.25, 0.3) is 76.9 Å². The molecule has 0 radical (unpaired) electrons. The fourth-order valence-electron chi connectivity index (χ4n) is 6.74. The second-order valence-corrected chi connectivity index (χ2v) is 10.8. The molecular formula is C38H20N4O. The van der Waals surface area contributed by atoms with Crippen molar-refractivity contribution in [2.45, 2.75) is 0 Å². The monoisotopic (exact) mass is 548 g/mol. The molecule has 0 N–H and O–H groups in total. The fourth-order valence-corrected chi connectivity index (χ4v) is 6.74. The zero-order valence-corrected chi connectivity index (χ0v) is 22.7. The Morgan fingerprint density at radius 3 is 1.74 bits per heavy atom. The van der Waals surface area contributed by atoms with Crippen molar-refractivity contribution in [3.05, 3.63) is 132 Å². The number of hydrogen-bond acceptors (Lipinski definition) is 3. The molecule has 0 aliphatic heterocycles. The summed E-state index contributed by atoms with van der Waals surface area (Å²) in [6, 6.07) is 45.5. The van der Waals surface area contributed by atoms with Gasteiger partial charge >= 0.3 is 0 Å². The van der Waals surface area contributed by atoms with Crippen molar-refractivity contribution in [3.63, 3.8) is 0 Å². The van der Waals surface area contributed by atoms with E-state index in [-0.39, 0.29) is 0 Å². The summed E-state index contributed by atoms with van der Waals surface area (Å²) < 4.78 is 10.9. The Hall–Kier alpha value is -6.30. The Balaban J connectivity index is 1.39. The number of para-hydroxylation sites is 2. The summed E-state index contributed by atoms with van der Waals surface area (Å²) >= 11 is 0. The molecule has 0 fully saturated rings. The summed E-state index contributed by atoms with van der Waals surface area (Å²) in [5.74, 6) is 0. The summed E-state index contributed by atoms with van der Waals surface area (Å²) in [6.07, 6.45) is 0. The molecule has 0 saturated heterocycles. The first-order valence-electron chi connectivity index (χ1n) is 14.1. The third kappa shape index (κ3) is 3.19. The minimum absolute atomic E-state index is 0.617. The number of furan rings is 1. The van der Waals surface area contributed by atoms with Crippen molar-refractivity contribution >= 4 is 65.6 Å². The smallest absolute Gasteiger partial charge is 0.137 e. The van der Waals surface area contributed by atoms with E-state index in [0.717, 1.165) is 76.9 Å². The van der Waals surface area contributed by atoms with Crippen LogP contribution >= 0.6 is 0 Å². The molecule has 0 bridgehead atoms. The Bertz CT molecular complexity index is 2710. The Morgan fingerprint density at radius 1 is 0.465 bits per heavy atom. The van der Waals surface area contributed by atoms with Gasteiger partial charge in [0.05, 0.1) is 56.4 Å². The van der Waals surface area contributed by atoms with Gasteiger partial charge in [0, 0.05) is 32.6 Å². The Morgan fingerprint density at radius 2 is 1.07 bits per heavy atom. The minimum atomic E-state index is 0.617. The van der Waals surface area contributed by atoms with Gasteiger partial charge < -0.3 is 13.6 Å². The predicted octanol–water partition coefficient (Wildman–Crippen LogP) is 9.52. The number of aromatic nitrogens is 2. The second kappa shape index (κ2) is 8.60. The molecule has 0 unspecified atom stereocenters. The Kier molecular flexibility index (Phi) is 4.68. The highest BCUT2D eigenvalue weighted by Crippen LogP contribution is 2.40. The largest absolute Gasteiger partial charge is 0.456 e. The minimum Gasteiger partial charge on any atom is -0.456 e. The van der Waals surface area contributed by atoms with Crippen LogP contribution in [0.1, 0.15) is 11.1 Å². The molecule has 0 atom stereocenters. The molecule has 9 rings (SSSR count). The van der Waals surface area contributed by atoms with Crippen molar-refractivity contribution in [1.82, 2.24) is 9.13 Å². The molecule has 5 heteroatoms. The van der Waals surface area contributed by atoms with Crippen LogP contribution in [-0.2, 0) is 0 Å². The van der Waals surface area contributed by atoms with Crippen LogP contribution in [0.15, 0.2) is 126 Å². The number of nitriles is 2. The van der Waals surface area contributed by atoms with Gasteiger partial charge in [-0.3, -0.25) is 0 Å². The maximum Gasteiger partial charge on any atom is 0.137 e. The van der Waals surface area contributed by atoms with Crippen LogP contribution in [0.5, 0.6) is 0 Å². The van der Waals surface area contributed by atoms with Crippen molar-refractivity contribution in [2.24, 2.45) is 0 Å². The van der Waals surface area contributed by atoms with E-state index in [9.17, 15) is 10.5 Å². The summed E-state index contributed by atoms with van der Waals surface area (Å²) in [7, 11) is 0. The van der Waals surface area contributed by atoms with Crippen LogP contribution in [0, 0.1) is 22.7 Å². The van der Waals surface area contributed by atoms with Gasteiger partial charge in [-0.15, -0.1) is 0 Å². The number of fused-ring (bicyclic) bond motifs is 9. The standard InChI is InChI=1S/C38H20N4O/c39-21-23-12-15-28-26-6-1-3-8-31(26)41(34(28)18-23)25-14-17-36-30(20-25)38-33(10-5-11-37(38)43-36)42-32-9-4-2-7-27(32)29-16-13-24(22-40)19-35(29)42/h1-20H. The van der Waals surface area contributed by atoms with Gasteiger partial charge in [-0.1, -0.05) is 54.6 Å². The molecule has 43 heavy (non-hydrogen) atoms. The quantitative estimate of drug-likeness (QED) is 0.216. The molecule has 0 amide bonds. The van der Waals surface area contributed by atoms with E-state index >= 15 is 0 Å². The normalized spacial score (nSPS) is 11.7. The van der Waals surface area contributed by atoms with Crippen molar-refractivity contribution in [3.8, 4) is 23.5 Å². The summed E-state index contributed by atoms with van der Waals surface area (Å²) in [5, 5.41) is 25.9. The molecule has 0 aliphatic carbocycles. The average Bonchev–Trinajstić information content (AvgIpc) is 3.71. The van der Waals surface area contributed by atoms with Crippen molar-refractivity contribution in [2.75, 3.05) is 0 Å². The van der Waals surface area contributed by atoms with Gasteiger partial charge in [-0.05, 0) is 66.7 Å². The van der Waals surface area contributed by atoms with Gasteiger partial charge in [-0.25, -0.2) is 0 Å². The first-order valence-corrected chi connectivity index (χ1v) is 14.1. The van der Waals surface area contributed by atoms with Crippen LogP contribution in [0.3, 0.4) is 0 Å². The van der Waals surface area contributed by atoms with Gasteiger partial charge in [0.15, 0.2) is 0 Å². The van der Waals surface area contributed by atoms with E-state index in [2.05, 4.69) is 63.7 Å². The molecule has 3 aromatic heterocycles. The average molecular weight is 549 g/mol. The Labute approximate surface area is 245 Å². The molecular weight excluding hydrogens is 528 g/mol. The number of nitrogens with zero attached hydrogens (tertiary/aromatic N) is 4. The predicted molar refractivity (Wildman–Crippen MR) is 172 cm³/mol. The van der Waals surface area contributed by atoms with Gasteiger partial charge in [0.2, 0.25) is 0 Å². The topological polar surface area (TPSA) is 70.6 Å². The van der Waals surface area contributed by atoms with Crippen LogP contribution in [0.2, 0.25) is 0 Å². The van der Waals surface area contributed by atoms with Crippen LogP contribution < -0.4 is 0 Å². The highest BCUT2D eigenvalue weighted by molar-refractivity contribution is 6.15.